The Kier molecular flexibility index (Phi) is 3.76. The van der Waals surface area contributed by atoms with Crippen LogP contribution in [0.4, 0.5) is 0 Å². The number of hydrogen-bond donors (Lipinski definition) is 1. The second kappa shape index (κ2) is 5.63. The van der Waals surface area contributed by atoms with E-state index in [1.165, 1.54) is 11.3 Å². The fourth-order valence-electron chi connectivity index (χ4n) is 3.48. The van der Waals surface area contributed by atoms with Gasteiger partial charge in [0.05, 0.1) is 12.1 Å². The molecular weight excluding hydrogens is 316 g/mol. The Balaban J connectivity index is 1.70. The molecule has 0 aromatic carbocycles. The number of aromatic nitrogens is 1. The fraction of sp³-hybridized carbons (Fsp3) is 0.600. The molecule has 5 nitrogen and oxygen atoms in total. The predicted molar refractivity (Wildman–Crippen MR) is 91.3 cm³/mol. The number of nitrogens with zero attached hydrogens (tertiary/aromatic N) is 3. The van der Waals surface area contributed by atoms with Gasteiger partial charge in [-0.2, -0.15) is 0 Å². The van der Waals surface area contributed by atoms with Crippen LogP contribution in [0, 0.1) is 0 Å². The summed E-state index contributed by atoms with van der Waals surface area (Å²) in [4.78, 5) is 11.7. The van der Waals surface area contributed by atoms with Crippen LogP contribution >= 0.6 is 23.3 Å². The van der Waals surface area contributed by atoms with Gasteiger partial charge in [-0.1, -0.05) is 11.9 Å². The summed E-state index contributed by atoms with van der Waals surface area (Å²) in [5.41, 5.74) is 2.76. The van der Waals surface area contributed by atoms with Gasteiger partial charge in [0.25, 0.3) is 0 Å². The molecule has 22 heavy (non-hydrogen) atoms. The van der Waals surface area contributed by atoms with Crippen LogP contribution in [0.5, 0.6) is 0 Å². The van der Waals surface area contributed by atoms with Gasteiger partial charge in [-0.15, -0.1) is 11.3 Å². The molecule has 0 amide bonds. The molecule has 1 saturated carbocycles. The van der Waals surface area contributed by atoms with Crippen molar-refractivity contribution in [3.05, 3.63) is 27.9 Å². The van der Waals surface area contributed by atoms with Crippen LogP contribution < -0.4 is 4.72 Å². The summed E-state index contributed by atoms with van der Waals surface area (Å²) in [6.07, 6.45) is 7.23. The molecule has 118 valence electrons. The molecule has 1 saturated heterocycles. The van der Waals surface area contributed by atoms with Crippen LogP contribution in [0.3, 0.4) is 0 Å². The normalized spacial score (nSPS) is 26.2. The van der Waals surface area contributed by atoms with Gasteiger partial charge in [0.1, 0.15) is 0 Å². The number of ether oxygens (including phenoxy) is 1. The average molecular weight is 336 g/mol. The van der Waals surface area contributed by atoms with Crippen LogP contribution in [0.15, 0.2) is 27.8 Å². The smallest absolute Gasteiger partial charge is 0.165 e. The van der Waals surface area contributed by atoms with Crippen molar-refractivity contribution in [2.45, 2.75) is 30.9 Å². The Labute approximate surface area is 139 Å². The number of aliphatic imine (C=N–C) groups is 1. The molecule has 1 aliphatic carbocycles. The summed E-state index contributed by atoms with van der Waals surface area (Å²) >= 11 is 3.35. The molecule has 7 heteroatoms. The highest BCUT2D eigenvalue weighted by molar-refractivity contribution is 7.96. The average Bonchev–Trinajstić information content (AvgIpc) is 2.96. The zero-order valence-corrected chi connectivity index (χ0v) is 14.5. The first kappa shape index (κ1) is 14.7. The number of methoxy groups -OCH3 is 1. The van der Waals surface area contributed by atoms with Crippen LogP contribution in [0.2, 0.25) is 0 Å². The van der Waals surface area contributed by atoms with Crippen LogP contribution in [0.25, 0.3) is 0 Å². The number of hydrogen-bond acceptors (Lipinski definition) is 7. The van der Waals surface area contributed by atoms with Crippen molar-refractivity contribution in [1.82, 2.24) is 14.6 Å². The van der Waals surface area contributed by atoms with Crippen LogP contribution in [-0.2, 0) is 4.74 Å². The minimum absolute atomic E-state index is 0.0419. The molecule has 0 spiro atoms. The van der Waals surface area contributed by atoms with E-state index in [9.17, 15) is 0 Å². The second-order valence-electron chi connectivity index (χ2n) is 5.93. The third-order valence-electron chi connectivity index (χ3n) is 4.71. The summed E-state index contributed by atoms with van der Waals surface area (Å²) < 4.78 is 9.33. The van der Waals surface area contributed by atoms with Crippen molar-refractivity contribution in [3.8, 4) is 0 Å². The maximum absolute atomic E-state index is 5.83. The van der Waals surface area contributed by atoms with E-state index in [2.05, 4.69) is 20.9 Å². The Morgan fingerprint density at radius 2 is 2.36 bits per heavy atom. The monoisotopic (exact) mass is 336 g/mol. The lowest BCUT2D eigenvalue weighted by Gasteiger charge is -2.30. The van der Waals surface area contributed by atoms with E-state index in [0.29, 0.717) is 6.04 Å². The van der Waals surface area contributed by atoms with E-state index in [0.717, 1.165) is 43.2 Å². The minimum atomic E-state index is -0.0419. The lowest BCUT2D eigenvalue weighted by atomic mass is 10.0. The van der Waals surface area contributed by atoms with E-state index in [1.54, 1.807) is 23.3 Å². The lowest BCUT2D eigenvalue weighted by molar-refractivity contribution is 0.107. The number of amidine groups is 1. The first-order chi connectivity index (χ1) is 10.8. The zero-order chi connectivity index (χ0) is 15.2. The highest BCUT2D eigenvalue weighted by Crippen LogP contribution is 2.49. The Hall–Kier alpha value is -0.890. The maximum atomic E-state index is 5.83. The van der Waals surface area contributed by atoms with E-state index < -0.39 is 0 Å². The molecule has 3 heterocycles. The van der Waals surface area contributed by atoms with Gasteiger partial charge in [-0.05, 0) is 19.1 Å². The molecule has 1 aromatic heterocycles. The predicted octanol–water partition coefficient (Wildman–Crippen LogP) is 2.28. The molecule has 3 aliphatic rings. The van der Waals surface area contributed by atoms with E-state index >= 15 is 0 Å². The first-order valence-electron chi connectivity index (χ1n) is 7.55. The largest absolute Gasteiger partial charge is 0.374 e. The highest BCUT2D eigenvalue weighted by atomic mass is 32.2. The molecule has 2 aliphatic heterocycles. The quantitative estimate of drug-likeness (QED) is 0.836. The molecule has 1 atom stereocenters. The highest BCUT2D eigenvalue weighted by Gasteiger charge is 2.50. The van der Waals surface area contributed by atoms with E-state index in [-0.39, 0.29) is 5.60 Å². The van der Waals surface area contributed by atoms with Crippen molar-refractivity contribution < 1.29 is 4.74 Å². The van der Waals surface area contributed by atoms with Gasteiger partial charge in [0.2, 0.25) is 0 Å². The van der Waals surface area contributed by atoms with Crippen LogP contribution in [0.1, 0.15) is 24.3 Å². The number of nitrogens with one attached hydrogen (secondary N) is 1. The first-order valence-corrected chi connectivity index (χ1v) is 9.66. The van der Waals surface area contributed by atoms with Crippen molar-refractivity contribution in [1.29, 1.82) is 0 Å². The van der Waals surface area contributed by atoms with Gasteiger partial charge in [-0.25, -0.2) is 4.98 Å². The van der Waals surface area contributed by atoms with Crippen molar-refractivity contribution >= 4 is 29.1 Å². The Bertz CT molecular complexity index is 621. The summed E-state index contributed by atoms with van der Waals surface area (Å²) in [7, 11) is 1.83. The summed E-state index contributed by atoms with van der Waals surface area (Å²) in [5.74, 6) is 1.03. The molecule has 0 bridgehead atoms. The third kappa shape index (κ3) is 2.31. The topological polar surface area (TPSA) is 49.8 Å². The Morgan fingerprint density at radius 1 is 1.50 bits per heavy atom. The zero-order valence-electron chi connectivity index (χ0n) is 12.8. The molecule has 0 radical (unpaired) electrons. The van der Waals surface area contributed by atoms with Crippen LogP contribution in [-0.4, -0.2) is 53.8 Å². The maximum Gasteiger partial charge on any atom is 0.165 e. The van der Waals surface area contributed by atoms with Gasteiger partial charge in [0.15, 0.2) is 10.8 Å². The fourth-order valence-corrected chi connectivity index (χ4v) is 4.63. The van der Waals surface area contributed by atoms with E-state index in [4.69, 9.17) is 9.73 Å². The lowest BCUT2D eigenvalue weighted by Crippen LogP contribution is -2.37. The SMILES string of the molecule is COC1(C2=C3CC(NSC)CN3C(c3nccs3)=NC2)CC1. The van der Waals surface area contributed by atoms with Crippen molar-refractivity contribution in [3.63, 3.8) is 0 Å². The Morgan fingerprint density at radius 3 is 3.00 bits per heavy atom. The van der Waals surface area contributed by atoms with Crippen molar-refractivity contribution in [2.75, 3.05) is 26.5 Å². The van der Waals surface area contributed by atoms with Gasteiger partial charge in [0, 0.05) is 49.0 Å². The molecular formula is C15H20N4OS2. The number of rotatable bonds is 5. The summed E-state index contributed by atoms with van der Waals surface area (Å²) in [6, 6.07) is 0.455. The minimum Gasteiger partial charge on any atom is -0.374 e. The summed E-state index contributed by atoms with van der Waals surface area (Å²) in [5, 5.41) is 3.03. The molecule has 1 aromatic rings. The molecule has 1 N–H and O–H groups in total. The second-order valence-corrected chi connectivity index (χ2v) is 7.47. The molecule has 1 unspecified atom stereocenters. The third-order valence-corrected chi connectivity index (χ3v) is 6.05. The van der Waals surface area contributed by atoms with Gasteiger partial charge in [-0.3, -0.25) is 9.71 Å². The summed E-state index contributed by atoms with van der Waals surface area (Å²) in [6.45, 7) is 1.71. The van der Waals surface area contributed by atoms with Crippen molar-refractivity contribution in [2.24, 2.45) is 4.99 Å². The van der Waals surface area contributed by atoms with Gasteiger partial charge < -0.3 is 9.64 Å². The number of fused-ring (bicyclic) bond motifs is 1. The standard InChI is InChI=1S/C15H20N4OS2/c1-20-15(3-4-15)11-8-17-13(14-16-5-6-22-14)19-9-10(18-21-2)7-12(11)19/h5-6,10,18H,3-4,7-9H2,1-2H3. The van der Waals surface area contributed by atoms with Gasteiger partial charge >= 0.3 is 0 Å². The number of thiazole rings is 1. The molecule has 2 fully saturated rings. The molecule has 4 rings (SSSR count). The van der Waals surface area contributed by atoms with E-state index in [1.807, 2.05) is 18.7 Å².